The Morgan fingerprint density at radius 1 is 1.26 bits per heavy atom. The van der Waals surface area contributed by atoms with Gasteiger partial charge in [0.1, 0.15) is 5.82 Å². The second kappa shape index (κ2) is 6.90. The number of benzene rings is 1. The van der Waals surface area contributed by atoms with Crippen LogP contribution in [0.2, 0.25) is 0 Å². The van der Waals surface area contributed by atoms with Gasteiger partial charge in [-0.05, 0) is 49.9 Å². The second-order valence-corrected chi connectivity index (χ2v) is 5.50. The number of rotatable bonds is 6. The van der Waals surface area contributed by atoms with Gasteiger partial charge in [-0.1, -0.05) is 20.3 Å². The van der Waals surface area contributed by atoms with Gasteiger partial charge in [0, 0.05) is 24.8 Å². The number of hydrogen-bond donors (Lipinski definition) is 1. The third kappa shape index (κ3) is 3.93. The van der Waals surface area contributed by atoms with E-state index in [0.717, 1.165) is 30.8 Å². The summed E-state index contributed by atoms with van der Waals surface area (Å²) in [6.45, 7) is 12.2. The Labute approximate surface area is 116 Å². The summed E-state index contributed by atoms with van der Waals surface area (Å²) in [7, 11) is 0. The van der Waals surface area contributed by atoms with E-state index >= 15 is 0 Å². The van der Waals surface area contributed by atoms with Gasteiger partial charge in [0.05, 0.1) is 0 Å². The van der Waals surface area contributed by atoms with Crippen LogP contribution in [0.25, 0.3) is 0 Å². The van der Waals surface area contributed by atoms with Crippen LogP contribution >= 0.6 is 0 Å². The zero-order valence-electron chi connectivity index (χ0n) is 12.8. The number of hydrogen-bond acceptors (Lipinski definition) is 2. The van der Waals surface area contributed by atoms with Crippen molar-refractivity contribution in [3.8, 4) is 0 Å². The van der Waals surface area contributed by atoms with E-state index in [1.165, 1.54) is 0 Å². The fourth-order valence-electron chi connectivity index (χ4n) is 2.22. The Balaban J connectivity index is 3.17. The smallest absolute Gasteiger partial charge is 0.126 e. The number of nitrogens with two attached hydrogens (primary N) is 1. The SMILES string of the molecule is CCC(C)CN(CC)c1cc(C)c(F)cc1[C@H](C)N. The van der Waals surface area contributed by atoms with Crippen LogP contribution in [-0.4, -0.2) is 13.1 Å². The van der Waals surface area contributed by atoms with Crippen molar-refractivity contribution in [1.29, 1.82) is 0 Å². The Hall–Kier alpha value is -1.09. The van der Waals surface area contributed by atoms with Crippen molar-refractivity contribution in [2.45, 2.75) is 47.1 Å². The van der Waals surface area contributed by atoms with E-state index in [1.54, 1.807) is 13.0 Å². The zero-order chi connectivity index (χ0) is 14.6. The zero-order valence-corrected chi connectivity index (χ0v) is 12.8. The predicted octanol–water partition coefficient (Wildman–Crippen LogP) is 4.03. The van der Waals surface area contributed by atoms with Crippen LogP contribution in [-0.2, 0) is 0 Å². The highest BCUT2D eigenvalue weighted by molar-refractivity contribution is 5.57. The van der Waals surface area contributed by atoms with E-state index in [9.17, 15) is 4.39 Å². The third-order valence-corrected chi connectivity index (χ3v) is 3.75. The van der Waals surface area contributed by atoms with E-state index in [1.807, 2.05) is 13.0 Å². The van der Waals surface area contributed by atoms with Gasteiger partial charge in [-0.2, -0.15) is 0 Å². The Bertz CT molecular complexity index is 415. The molecule has 0 saturated heterocycles. The van der Waals surface area contributed by atoms with E-state index in [-0.39, 0.29) is 11.9 Å². The second-order valence-electron chi connectivity index (χ2n) is 5.50. The van der Waals surface area contributed by atoms with Crippen LogP contribution in [0.1, 0.15) is 51.3 Å². The molecule has 1 rings (SSSR count). The first kappa shape index (κ1) is 16.0. The molecule has 2 nitrogen and oxygen atoms in total. The van der Waals surface area contributed by atoms with Crippen LogP contribution < -0.4 is 10.6 Å². The lowest BCUT2D eigenvalue weighted by molar-refractivity contribution is 0.545. The molecule has 3 heteroatoms. The number of halogens is 1. The summed E-state index contributed by atoms with van der Waals surface area (Å²) in [4.78, 5) is 2.30. The summed E-state index contributed by atoms with van der Waals surface area (Å²) in [6.07, 6.45) is 1.14. The van der Waals surface area contributed by atoms with Gasteiger partial charge in [-0.25, -0.2) is 4.39 Å². The highest BCUT2D eigenvalue weighted by Crippen LogP contribution is 2.29. The lowest BCUT2D eigenvalue weighted by Gasteiger charge is -2.30. The summed E-state index contributed by atoms with van der Waals surface area (Å²) >= 11 is 0. The molecular weight excluding hydrogens is 239 g/mol. The largest absolute Gasteiger partial charge is 0.371 e. The number of aryl methyl sites for hydroxylation is 1. The maximum atomic E-state index is 13.7. The molecular formula is C16H27FN2. The van der Waals surface area contributed by atoms with Crippen molar-refractivity contribution in [2.75, 3.05) is 18.0 Å². The minimum atomic E-state index is -0.171. The van der Waals surface area contributed by atoms with Gasteiger partial charge in [-0.3, -0.25) is 0 Å². The summed E-state index contributed by atoms with van der Waals surface area (Å²) in [5, 5.41) is 0. The lowest BCUT2D eigenvalue weighted by atomic mass is 10.0. The van der Waals surface area contributed by atoms with E-state index in [4.69, 9.17) is 5.73 Å². The Morgan fingerprint density at radius 2 is 1.89 bits per heavy atom. The molecule has 2 atom stereocenters. The molecule has 19 heavy (non-hydrogen) atoms. The molecule has 0 aliphatic heterocycles. The molecule has 0 aliphatic rings. The van der Waals surface area contributed by atoms with Crippen molar-refractivity contribution < 1.29 is 4.39 Å². The molecule has 1 unspecified atom stereocenters. The van der Waals surface area contributed by atoms with Crippen molar-refractivity contribution in [3.63, 3.8) is 0 Å². The summed E-state index contributed by atoms with van der Waals surface area (Å²) < 4.78 is 13.7. The predicted molar refractivity (Wildman–Crippen MR) is 81.1 cm³/mol. The first-order chi connectivity index (χ1) is 8.90. The standard InChI is InChI=1S/C16H27FN2/c1-6-11(3)10-19(7-2)16-8-12(4)15(17)9-14(16)13(5)18/h8-9,11,13H,6-7,10,18H2,1-5H3/t11?,13-/m0/s1. The lowest BCUT2D eigenvalue weighted by Crippen LogP contribution is -2.30. The van der Waals surface area contributed by atoms with Gasteiger partial charge in [-0.15, -0.1) is 0 Å². The molecule has 0 saturated carbocycles. The van der Waals surface area contributed by atoms with E-state index < -0.39 is 0 Å². The van der Waals surface area contributed by atoms with Crippen molar-refractivity contribution >= 4 is 5.69 Å². The minimum Gasteiger partial charge on any atom is -0.371 e. The highest BCUT2D eigenvalue weighted by Gasteiger charge is 2.16. The molecule has 0 bridgehead atoms. The maximum Gasteiger partial charge on any atom is 0.126 e. The minimum absolute atomic E-state index is 0.156. The Kier molecular flexibility index (Phi) is 5.80. The molecule has 1 aromatic carbocycles. The third-order valence-electron chi connectivity index (χ3n) is 3.75. The van der Waals surface area contributed by atoms with Gasteiger partial charge >= 0.3 is 0 Å². The van der Waals surface area contributed by atoms with Crippen LogP contribution in [0.5, 0.6) is 0 Å². The topological polar surface area (TPSA) is 29.3 Å². The average molecular weight is 266 g/mol. The molecule has 0 aromatic heterocycles. The monoisotopic (exact) mass is 266 g/mol. The van der Waals surface area contributed by atoms with Gasteiger partial charge in [0.2, 0.25) is 0 Å². The van der Waals surface area contributed by atoms with Crippen LogP contribution in [0.4, 0.5) is 10.1 Å². The quantitative estimate of drug-likeness (QED) is 0.842. The van der Waals surface area contributed by atoms with Crippen molar-refractivity contribution in [1.82, 2.24) is 0 Å². The Morgan fingerprint density at radius 3 is 2.37 bits per heavy atom. The molecule has 2 N–H and O–H groups in total. The molecule has 0 amide bonds. The molecule has 108 valence electrons. The number of anilines is 1. The van der Waals surface area contributed by atoms with Crippen LogP contribution in [0.3, 0.4) is 0 Å². The maximum absolute atomic E-state index is 13.7. The van der Waals surface area contributed by atoms with E-state index in [0.29, 0.717) is 11.5 Å². The molecule has 0 aliphatic carbocycles. The molecule has 1 aromatic rings. The molecule has 0 spiro atoms. The number of nitrogens with zero attached hydrogens (tertiary/aromatic N) is 1. The van der Waals surface area contributed by atoms with Crippen LogP contribution in [0.15, 0.2) is 12.1 Å². The fourth-order valence-corrected chi connectivity index (χ4v) is 2.22. The molecule has 0 heterocycles. The first-order valence-electron chi connectivity index (χ1n) is 7.21. The highest BCUT2D eigenvalue weighted by atomic mass is 19.1. The van der Waals surface area contributed by atoms with Gasteiger partial charge in [0.25, 0.3) is 0 Å². The van der Waals surface area contributed by atoms with Gasteiger partial charge in [0.15, 0.2) is 0 Å². The fraction of sp³-hybridized carbons (Fsp3) is 0.625. The van der Waals surface area contributed by atoms with E-state index in [2.05, 4.69) is 25.7 Å². The van der Waals surface area contributed by atoms with Crippen LogP contribution in [0, 0.1) is 18.7 Å². The van der Waals surface area contributed by atoms with Gasteiger partial charge < -0.3 is 10.6 Å². The molecule has 0 fully saturated rings. The summed E-state index contributed by atoms with van der Waals surface area (Å²) in [5.74, 6) is 0.446. The first-order valence-corrected chi connectivity index (χ1v) is 7.21. The summed E-state index contributed by atoms with van der Waals surface area (Å²) in [5.41, 5.74) is 8.66. The van der Waals surface area contributed by atoms with Crippen molar-refractivity contribution in [3.05, 3.63) is 29.1 Å². The average Bonchev–Trinajstić information content (AvgIpc) is 2.38. The molecule has 0 radical (unpaired) electrons. The van der Waals surface area contributed by atoms with Crippen molar-refractivity contribution in [2.24, 2.45) is 11.7 Å². The normalized spacial score (nSPS) is 14.3. The summed E-state index contributed by atoms with van der Waals surface area (Å²) in [6, 6.07) is 3.37.